The standard InChI is InChI=1S/C8H21NO3Si.C8H19NO3Si.C7H19NO3Si/c2*1-5-9-7-6-8-13(10-2,11-3)12-4;1-8-6-5-7-12(9-2,10-3)11-4/h9H,5-8H2,1-4H3;5,9H,1,6-8H2,2-4H3;8H,5-7H2,1-4H3. The van der Waals surface area contributed by atoms with Gasteiger partial charge in [-0.3, -0.25) is 0 Å². The van der Waals surface area contributed by atoms with E-state index in [1.165, 1.54) is 0 Å². The van der Waals surface area contributed by atoms with Gasteiger partial charge >= 0.3 is 26.4 Å². The van der Waals surface area contributed by atoms with Gasteiger partial charge in [-0.25, -0.2) is 0 Å². The summed E-state index contributed by atoms with van der Waals surface area (Å²) in [7, 11) is 9.71. The number of nitrogens with one attached hydrogen (secondary N) is 3. The molecule has 0 rings (SSSR count). The predicted molar refractivity (Wildman–Crippen MR) is 159 cm³/mol. The van der Waals surface area contributed by atoms with Crippen LogP contribution in [0.4, 0.5) is 0 Å². The maximum atomic E-state index is 5.28. The summed E-state index contributed by atoms with van der Waals surface area (Å²) >= 11 is 0. The van der Waals surface area contributed by atoms with Crippen LogP contribution in [0.5, 0.6) is 0 Å². The van der Waals surface area contributed by atoms with Gasteiger partial charge in [0.05, 0.1) is 0 Å². The average molecular weight is 606 g/mol. The van der Waals surface area contributed by atoms with Gasteiger partial charge in [0, 0.05) is 88.7 Å². The molecule has 0 unspecified atom stereocenters. The van der Waals surface area contributed by atoms with Crippen LogP contribution in [-0.4, -0.2) is 124 Å². The van der Waals surface area contributed by atoms with Crippen molar-refractivity contribution >= 4 is 26.4 Å². The SMILES string of the molecule is C=CNCCC[Si](OC)(OC)OC.CCNCCC[Si](OC)(OC)OC.CNCCC[Si](OC)(OC)OC. The topological polar surface area (TPSA) is 119 Å². The highest BCUT2D eigenvalue weighted by Gasteiger charge is 2.38. The fourth-order valence-corrected chi connectivity index (χ4v) is 8.43. The van der Waals surface area contributed by atoms with Crippen molar-refractivity contribution in [2.45, 2.75) is 44.3 Å². The van der Waals surface area contributed by atoms with Gasteiger partial charge < -0.3 is 55.8 Å². The highest BCUT2D eigenvalue weighted by Crippen LogP contribution is 2.15. The second kappa shape index (κ2) is 28.3. The molecule has 3 N–H and O–H groups in total. The van der Waals surface area contributed by atoms with Crippen LogP contribution < -0.4 is 16.0 Å². The Kier molecular flexibility index (Phi) is 31.4. The van der Waals surface area contributed by atoms with Crippen LogP contribution in [0.1, 0.15) is 26.2 Å². The summed E-state index contributed by atoms with van der Waals surface area (Å²) in [6.07, 6.45) is 4.66. The molecule has 15 heteroatoms. The summed E-state index contributed by atoms with van der Waals surface area (Å²) in [6.45, 7) is 9.47. The van der Waals surface area contributed by atoms with Gasteiger partial charge in [0.2, 0.25) is 0 Å². The van der Waals surface area contributed by atoms with Crippen molar-refractivity contribution < 1.29 is 39.8 Å². The first-order chi connectivity index (χ1) is 18.2. The molecule has 0 heterocycles. The summed E-state index contributed by atoms with van der Waals surface area (Å²) in [6, 6.07) is 2.54. The van der Waals surface area contributed by atoms with E-state index in [0.717, 1.165) is 63.6 Å². The van der Waals surface area contributed by atoms with Gasteiger partial charge in [0.15, 0.2) is 0 Å². The molecule has 0 saturated carbocycles. The first-order valence-corrected chi connectivity index (χ1v) is 18.7. The van der Waals surface area contributed by atoms with Crippen molar-refractivity contribution in [3.05, 3.63) is 12.8 Å². The first-order valence-electron chi connectivity index (χ1n) is 12.9. The Labute approximate surface area is 236 Å². The van der Waals surface area contributed by atoms with Gasteiger partial charge in [-0.05, 0) is 52.1 Å². The van der Waals surface area contributed by atoms with E-state index in [1.807, 2.05) is 7.05 Å². The fourth-order valence-electron chi connectivity index (χ4n) is 3.27. The molecule has 0 aromatic carbocycles. The van der Waals surface area contributed by atoms with E-state index in [0.29, 0.717) is 0 Å². The minimum Gasteiger partial charge on any atom is -0.391 e. The summed E-state index contributed by atoms with van der Waals surface area (Å²) in [5.41, 5.74) is 0. The lowest BCUT2D eigenvalue weighted by atomic mass is 10.5. The molecular weight excluding hydrogens is 547 g/mol. The lowest BCUT2D eigenvalue weighted by molar-refractivity contribution is 0.122. The Morgan fingerprint density at radius 3 is 1.13 bits per heavy atom. The largest absolute Gasteiger partial charge is 0.500 e. The zero-order valence-corrected chi connectivity index (χ0v) is 29.0. The molecule has 38 heavy (non-hydrogen) atoms. The van der Waals surface area contributed by atoms with Crippen LogP contribution >= 0.6 is 0 Å². The monoisotopic (exact) mass is 605 g/mol. The lowest BCUT2D eigenvalue weighted by Crippen LogP contribution is -2.43. The summed E-state index contributed by atoms with van der Waals surface area (Å²) < 4.78 is 47.4. The Balaban J connectivity index is -0.000000484. The number of hydrogen-bond acceptors (Lipinski definition) is 12. The van der Waals surface area contributed by atoms with E-state index in [9.17, 15) is 0 Å². The molecule has 0 radical (unpaired) electrons. The Hall–Kier alpha value is -0.249. The van der Waals surface area contributed by atoms with Gasteiger partial charge in [-0.2, -0.15) is 0 Å². The molecule has 0 atom stereocenters. The van der Waals surface area contributed by atoms with Crippen LogP contribution in [-0.2, 0) is 39.8 Å². The maximum Gasteiger partial charge on any atom is 0.500 e. The van der Waals surface area contributed by atoms with Gasteiger partial charge in [0.1, 0.15) is 0 Å². The Bertz CT molecular complexity index is 479. The van der Waals surface area contributed by atoms with E-state index in [2.05, 4.69) is 29.5 Å². The van der Waals surface area contributed by atoms with Crippen LogP contribution in [0.15, 0.2) is 12.8 Å². The fraction of sp³-hybridized carbons (Fsp3) is 0.913. The minimum absolute atomic E-state index is 0.817. The molecular formula is C23H59N3O9Si3. The molecule has 0 spiro atoms. The van der Waals surface area contributed by atoms with Gasteiger partial charge in [0.25, 0.3) is 0 Å². The highest BCUT2D eigenvalue weighted by molar-refractivity contribution is 6.61. The molecule has 0 saturated heterocycles. The van der Waals surface area contributed by atoms with E-state index >= 15 is 0 Å². The van der Waals surface area contributed by atoms with Crippen molar-refractivity contribution in [3.8, 4) is 0 Å². The van der Waals surface area contributed by atoms with Gasteiger partial charge in [-0.15, -0.1) is 0 Å². The van der Waals surface area contributed by atoms with Gasteiger partial charge in [-0.1, -0.05) is 13.5 Å². The van der Waals surface area contributed by atoms with Crippen LogP contribution in [0.2, 0.25) is 18.1 Å². The van der Waals surface area contributed by atoms with E-state index < -0.39 is 26.4 Å². The second-order valence-electron chi connectivity index (χ2n) is 7.81. The Morgan fingerprint density at radius 2 is 0.868 bits per heavy atom. The summed E-state index contributed by atoms with van der Waals surface area (Å²) in [5.74, 6) is 0. The van der Waals surface area contributed by atoms with E-state index in [-0.39, 0.29) is 0 Å². The molecule has 0 aliphatic heterocycles. The molecule has 0 amide bonds. The molecule has 0 fully saturated rings. The average Bonchev–Trinajstić information content (AvgIpc) is 2.97. The summed E-state index contributed by atoms with van der Waals surface area (Å²) in [5, 5.41) is 9.33. The van der Waals surface area contributed by atoms with Crippen molar-refractivity contribution in [1.82, 2.24) is 16.0 Å². The minimum atomic E-state index is -2.34. The predicted octanol–water partition coefficient (Wildman–Crippen LogP) is 2.33. The molecule has 0 aromatic rings. The zero-order chi connectivity index (χ0) is 29.8. The molecule has 0 aromatic heterocycles. The molecule has 0 aliphatic carbocycles. The smallest absolute Gasteiger partial charge is 0.391 e. The normalized spacial score (nSPS) is 11.8. The second-order valence-corrected chi connectivity index (χ2v) is 17.1. The maximum absolute atomic E-state index is 5.28. The Morgan fingerprint density at radius 1 is 0.553 bits per heavy atom. The third kappa shape index (κ3) is 19.8. The van der Waals surface area contributed by atoms with Crippen molar-refractivity contribution in [2.75, 3.05) is 97.2 Å². The van der Waals surface area contributed by atoms with Crippen LogP contribution in [0.3, 0.4) is 0 Å². The number of hydrogen-bond donors (Lipinski definition) is 3. The number of rotatable bonds is 23. The van der Waals surface area contributed by atoms with E-state index in [4.69, 9.17) is 39.8 Å². The third-order valence-corrected chi connectivity index (χ3v) is 14.2. The zero-order valence-electron chi connectivity index (χ0n) is 26.0. The van der Waals surface area contributed by atoms with Crippen molar-refractivity contribution in [3.63, 3.8) is 0 Å². The quantitative estimate of drug-likeness (QED) is 0.117. The summed E-state index contributed by atoms with van der Waals surface area (Å²) in [4.78, 5) is 0. The molecule has 12 nitrogen and oxygen atoms in total. The third-order valence-electron chi connectivity index (χ3n) is 5.74. The van der Waals surface area contributed by atoms with Crippen molar-refractivity contribution in [2.24, 2.45) is 0 Å². The van der Waals surface area contributed by atoms with Crippen LogP contribution in [0.25, 0.3) is 0 Å². The highest BCUT2D eigenvalue weighted by atomic mass is 28.4. The lowest BCUT2D eigenvalue weighted by Gasteiger charge is -2.24. The van der Waals surface area contributed by atoms with Crippen LogP contribution in [0, 0.1) is 0 Å². The van der Waals surface area contributed by atoms with Crippen molar-refractivity contribution in [1.29, 1.82) is 0 Å². The molecule has 0 aliphatic rings. The molecule has 0 bridgehead atoms. The molecule has 232 valence electrons. The first kappa shape index (κ1) is 42.2. The van der Waals surface area contributed by atoms with E-state index in [1.54, 1.807) is 70.2 Å².